The fourth-order valence-electron chi connectivity index (χ4n) is 4.36. The van der Waals surface area contributed by atoms with Crippen molar-refractivity contribution >= 4 is 22.8 Å². The summed E-state index contributed by atoms with van der Waals surface area (Å²) in [6.45, 7) is 1.04. The number of nitrogens with zero attached hydrogens (tertiary/aromatic N) is 2. The molecule has 0 bridgehead atoms. The minimum absolute atomic E-state index is 0.115. The maximum absolute atomic E-state index is 12.8. The van der Waals surface area contributed by atoms with Gasteiger partial charge in [0.2, 0.25) is 0 Å². The number of H-pyrrole nitrogens is 1. The average molecular weight is 472 g/mol. The lowest BCUT2D eigenvalue weighted by Gasteiger charge is -2.32. The van der Waals surface area contributed by atoms with E-state index in [4.69, 9.17) is 0 Å². The van der Waals surface area contributed by atoms with E-state index >= 15 is 0 Å². The van der Waals surface area contributed by atoms with Crippen molar-refractivity contribution in [2.75, 3.05) is 13.1 Å². The van der Waals surface area contributed by atoms with Gasteiger partial charge < -0.3 is 19.9 Å². The molecular weight excluding hydrogens is 449 g/mol. The molecule has 2 amide bonds. The lowest BCUT2D eigenvalue weighted by Crippen LogP contribution is -2.37. The molecule has 7 nitrogen and oxygen atoms in total. The number of aromatic nitrogens is 2. The zero-order valence-corrected chi connectivity index (χ0v) is 18.2. The Bertz CT molecular complexity index is 1210. The average Bonchev–Trinajstić information content (AvgIpc) is 3.53. The molecule has 0 radical (unpaired) electrons. The Morgan fingerprint density at radius 2 is 1.76 bits per heavy atom. The molecule has 10 heteroatoms. The number of nitrogens with one attached hydrogen (secondary N) is 2. The SMILES string of the molecule is O=C(NC1CC1)c1cnc2[nH]cc(C3CCN(C(=O)c4ccc(OC(F)(F)F)cc4)CC3)c2c1. The highest BCUT2D eigenvalue weighted by atomic mass is 19.4. The van der Waals surface area contributed by atoms with E-state index in [1.54, 1.807) is 11.1 Å². The molecular formula is C24H23F3N4O3. The molecule has 1 aromatic carbocycles. The Hall–Kier alpha value is -3.56. The standard InChI is InChI=1S/C24H23F3N4O3/c25-24(26,27)34-18-5-1-15(2-6-18)23(33)31-9-7-14(8-10-31)20-13-29-21-19(20)11-16(12-28-21)22(32)30-17-3-4-17/h1-2,5-6,11-14,17H,3-4,7-10H2,(H,28,29)(H,30,32). The molecule has 0 unspecified atom stereocenters. The first-order chi connectivity index (χ1) is 16.3. The molecule has 1 saturated heterocycles. The number of aromatic amines is 1. The van der Waals surface area contributed by atoms with Crippen LogP contribution in [0.25, 0.3) is 11.0 Å². The predicted octanol–water partition coefficient (Wildman–Crippen LogP) is 4.37. The van der Waals surface area contributed by atoms with Crippen molar-refractivity contribution in [3.05, 3.63) is 59.4 Å². The smallest absolute Gasteiger partial charge is 0.406 e. The molecule has 5 rings (SSSR count). The van der Waals surface area contributed by atoms with Gasteiger partial charge in [-0.2, -0.15) is 0 Å². The Morgan fingerprint density at radius 1 is 1.06 bits per heavy atom. The molecule has 3 aromatic rings. The molecule has 34 heavy (non-hydrogen) atoms. The van der Waals surface area contributed by atoms with Gasteiger partial charge in [-0.1, -0.05) is 0 Å². The minimum atomic E-state index is -4.77. The van der Waals surface area contributed by atoms with Crippen molar-refractivity contribution in [1.82, 2.24) is 20.2 Å². The normalized spacial score (nSPS) is 17.1. The van der Waals surface area contributed by atoms with E-state index in [-0.39, 0.29) is 29.5 Å². The maximum atomic E-state index is 12.8. The molecule has 0 spiro atoms. The van der Waals surface area contributed by atoms with E-state index in [0.717, 1.165) is 54.4 Å². The number of pyridine rings is 1. The quantitative estimate of drug-likeness (QED) is 0.577. The number of piperidine rings is 1. The molecule has 2 fully saturated rings. The molecule has 2 aliphatic rings. The third-order valence-electron chi connectivity index (χ3n) is 6.29. The fraction of sp³-hybridized carbons (Fsp3) is 0.375. The first-order valence-corrected chi connectivity index (χ1v) is 11.2. The van der Waals surface area contributed by atoms with Crippen LogP contribution < -0.4 is 10.1 Å². The van der Waals surface area contributed by atoms with E-state index < -0.39 is 6.36 Å². The van der Waals surface area contributed by atoms with Gasteiger partial charge in [-0.15, -0.1) is 13.2 Å². The molecule has 2 N–H and O–H groups in total. The first-order valence-electron chi connectivity index (χ1n) is 11.2. The second-order valence-electron chi connectivity index (χ2n) is 8.75. The van der Waals surface area contributed by atoms with E-state index in [1.807, 2.05) is 12.3 Å². The van der Waals surface area contributed by atoms with Crippen LogP contribution in [0.3, 0.4) is 0 Å². The number of hydrogen-bond acceptors (Lipinski definition) is 4. The summed E-state index contributed by atoms with van der Waals surface area (Å²) in [5.41, 5.74) is 2.64. The van der Waals surface area contributed by atoms with Crippen molar-refractivity contribution in [1.29, 1.82) is 0 Å². The van der Waals surface area contributed by atoms with E-state index in [1.165, 1.54) is 12.1 Å². The highest BCUT2D eigenvalue weighted by Gasteiger charge is 2.31. The van der Waals surface area contributed by atoms with Gasteiger partial charge in [-0.3, -0.25) is 9.59 Å². The van der Waals surface area contributed by atoms with Crippen LogP contribution in [0.4, 0.5) is 13.2 Å². The Labute approximate surface area is 193 Å². The van der Waals surface area contributed by atoms with Crippen LogP contribution in [0, 0.1) is 0 Å². The van der Waals surface area contributed by atoms with Crippen molar-refractivity contribution in [2.24, 2.45) is 0 Å². The topological polar surface area (TPSA) is 87.3 Å². The summed E-state index contributed by atoms with van der Waals surface area (Å²) in [5.74, 6) is -0.502. The predicted molar refractivity (Wildman–Crippen MR) is 118 cm³/mol. The van der Waals surface area contributed by atoms with E-state index in [9.17, 15) is 22.8 Å². The summed E-state index contributed by atoms with van der Waals surface area (Å²) in [6, 6.07) is 7.11. The number of hydrogen-bond donors (Lipinski definition) is 2. The van der Waals surface area contributed by atoms with Crippen LogP contribution in [-0.2, 0) is 0 Å². The number of rotatable bonds is 5. The number of halogens is 3. The third kappa shape index (κ3) is 4.85. The summed E-state index contributed by atoms with van der Waals surface area (Å²) < 4.78 is 40.9. The first kappa shape index (κ1) is 22.2. The summed E-state index contributed by atoms with van der Waals surface area (Å²) in [4.78, 5) is 34.5. The van der Waals surface area contributed by atoms with Gasteiger partial charge in [0.25, 0.3) is 11.8 Å². The van der Waals surface area contributed by atoms with Gasteiger partial charge in [0, 0.05) is 42.5 Å². The summed E-state index contributed by atoms with van der Waals surface area (Å²) >= 11 is 0. The number of alkyl halides is 3. The minimum Gasteiger partial charge on any atom is -0.406 e. The number of likely N-dealkylation sites (tertiary alicyclic amines) is 1. The van der Waals surface area contributed by atoms with Gasteiger partial charge >= 0.3 is 6.36 Å². The largest absolute Gasteiger partial charge is 0.573 e. The number of carbonyl (C=O) groups excluding carboxylic acids is 2. The zero-order valence-electron chi connectivity index (χ0n) is 18.2. The zero-order chi connectivity index (χ0) is 23.9. The second-order valence-corrected chi connectivity index (χ2v) is 8.75. The second kappa shape index (κ2) is 8.66. The van der Waals surface area contributed by atoms with Crippen molar-refractivity contribution in [3.8, 4) is 5.75 Å². The van der Waals surface area contributed by atoms with Gasteiger partial charge in [0.15, 0.2) is 0 Å². The summed E-state index contributed by atoms with van der Waals surface area (Å²) in [7, 11) is 0. The molecule has 3 heterocycles. The van der Waals surface area contributed by atoms with Gasteiger partial charge in [-0.05, 0) is 67.5 Å². The highest BCUT2D eigenvalue weighted by molar-refractivity contribution is 5.98. The number of benzene rings is 1. The van der Waals surface area contributed by atoms with E-state index in [0.29, 0.717) is 24.2 Å². The molecule has 0 atom stereocenters. The number of carbonyl (C=O) groups is 2. The van der Waals surface area contributed by atoms with Crippen LogP contribution in [0.1, 0.15) is 57.9 Å². The monoisotopic (exact) mass is 472 g/mol. The van der Waals surface area contributed by atoms with Crippen LogP contribution in [0.15, 0.2) is 42.7 Å². The molecule has 2 aromatic heterocycles. The summed E-state index contributed by atoms with van der Waals surface area (Å²) in [5, 5.41) is 3.89. The van der Waals surface area contributed by atoms with Gasteiger partial charge in [-0.25, -0.2) is 4.98 Å². The van der Waals surface area contributed by atoms with Crippen molar-refractivity contribution in [2.45, 2.75) is 44.0 Å². The molecule has 1 aliphatic heterocycles. The number of ether oxygens (including phenoxy) is 1. The van der Waals surface area contributed by atoms with Crippen molar-refractivity contribution < 1.29 is 27.5 Å². The molecule has 1 saturated carbocycles. The van der Waals surface area contributed by atoms with Crippen LogP contribution in [-0.4, -0.2) is 52.2 Å². The van der Waals surface area contributed by atoms with Crippen LogP contribution in [0.5, 0.6) is 5.75 Å². The number of fused-ring (bicyclic) bond motifs is 1. The van der Waals surface area contributed by atoms with Gasteiger partial charge in [0.05, 0.1) is 5.56 Å². The Balaban J connectivity index is 1.24. The number of amides is 2. The summed E-state index contributed by atoms with van der Waals surface area (Å²) in [6.07, 6.45) is 2.21. The Kier molecular flexibility index (Phi) is 5.66. The third-order valence-corrected chi connectivity index (χ3v) is 6.29. The van der Waals surface area contributed by atoms with Crippen LogP contribution in [0.2, 0.25) is 0 Å². The van der Waals surface area contributed by atoms with Gasteiger partial charge in [0.1, 0.15) is 11.4 Å². The molecule has 1 aliphatic carbocycles. The lowest BCUT2D eigenvalue weighted by atomic mass is 9.89. The molecule has 178 valence electrons. The lowest BCUT2D eigenvalue weighted by molar-refractivity contribution is -0.274. The Morgan fingerprint density at radius 3 is 2.41 bits per heavy atom. The maximum Gasteiger partial charge on any atom is 0.573 e. The highest BCUT2D eigenvalue weighted by Crippen LogP contribution is 2.34. The fourth-order valence-corrected chi connectivity index (χ4v) is 4.36. The van der Waals surface area contributed by atoms with Crippen LogP contribution >= 0.6 is 0 Å². The van der Waals surface area contributed by atoms with E-state index in [2.05, 4.69) is 20.0 Å². The van der Waals surface area contributed by atoms with Crippen molar-refractivity contribution in [3.63, 3.8) is 0 Å².